The zero-order valence-corrected chi connectivity index (χ0v) is 17.2. The number of carbonyl (C=O) groups excluding carboxylic acids is 3. The largest absolute Gasteiger partial charge is 0.353 e. The number of fused-ring (bicyclic) bond motifs is 5. The summed E-state index contributed by atoms with van der Waals surface area (Å²) in [5.41, 5.74) is 1.31. The van der Waals surface area contributed by atoms with Gasteiger partial charge in [0.1, 0.15) is 0 Å². The van der Waals surface area contributed by atoms with E-state index in [4.69, 9.17) is 0 Å². The molecule has 0 radical (unpaired) electrons. The maximum Gasteiger partial charge on any atom is 0.233 e. The number of amides is 3. The van der Waals surface area contributed by atoms with Crippen molar-refractivity contribution in [1.82, 2.24) is 15.1 Å². The second-order valence-electron chi connectivity index (χ2n) is 9.18. The molecule has 2 aliphatic carbocycles. The lowest BCUT2D eigenvalue weighted by molar-refractivity contribution is -0.141. The lowest BCUT2D eigenvalue weighted by Crippen LogP contribution is -2.45. The Bertz CT molecular complexity index is 830. The molecule has 2 heterocycles. The molecule has 4 aliphatic rings. The van der Waals surface area contributed by atoms with Crippen LogP contribution in [0, 0.1) is 23.7 Å². The number of hydrogen-bond donors (Lipinski definition) is 1. The Morgan fingerprint density at radius 3 is 2.23 bits per heavy atom. The van der Waals surface area contributed by atoms with Gasteiger partial charge in [-0.05, 0) is 36.7 Å². The molecule has 4 unspecified atom stereocenters. The number of allylic oxidation sites excluding steroid dienone is 2. The van der Waals surface area contributed by atoms with Gasteiger partial charge in [0.15, 0.2) is 0 Å². The van der Waals surface area contributed by atoms with Crippen molar-refractivity contribution in [3.8, 4) is 0 Å². The van der Waals surface area contributed by atoms with Gasteiger partial charge in [0.25, 0.3) is 0 Å². The van der Waals surface area contributed by atoms with E-state index in [-0.39, 0.29) is 60.4 Å². The van der Waals surface area contributed by atoms with Gasteiger partial charge in [0.05, 0.1) is 11.8 Å². The van der Waals surface area contributed by atoms with Crippen LogP contribution in [0.2, 0.25) is 0 Å². The summed E-state index contributed by atoms with van der Waals surface area (Å²) in [5.74, 6) is -0.107. The van der Waals surface area contributed by atoms with Gasteiger partial charge in [0.2, 0.25) is 17.7 Å². The summed E-state index contributed by atoms with van der Waals surface area (Å²) in [4.78, 5) is 41.6. The lowest BCUT2D eigenvalue weighted by Gasteiger charge is -2.32. The fraction of sp³-hybridized carbons (Fsp3) is 0.542. The average Bonchev–Trinajstić information content (AvgIpc) is 3.43. The van der Waals surface area contributed by atoms with Crippen molar-refractivity contribution in [3.05, 3.63) is 48.0 Å². The Labute approximate surface area is 177 Å². The molecular weight excluding hydrogens is 378 g/mol. The standard InChI is InChI=1S/C24H29N3O3/c28-20(25-19-8-11-26(12-9-19)15-16-4-2-1-3-5-16)10-13-27-23(29)21-17-6-7-18(14-17)22(21)24(27)30/h1-7,17-19,21-22H,8-15H2,(H,25,28). The van der Waals surface area contributed by atoms with Gasteiger partial charge in [-0.3, -0.25) is 24.2 Å². The highest BCUT2D eigenvalue weighted by atomic mass is 16.2. The van der Waals surface area contributed by atoms with Gasteiger partial charge < -0.3 is 5.32 Å². The number of benzene rings is 1. The van der Waals surface area contributed by atoms with Gasteiger partial charge in [-0.15, -0.1) is 0 Å². The number of imide groups is 1. The van der Waals surface area contributed by atoms with Crippen LogP contribution in [-0.2, 0) is 20.9 Å². The first-order valence-corrected chi connectivity index (χ1v) is 11.2. The van der Waals surface area contributed by atoms with Crippen LogP contribution in [0.3, 0.4) is 0 Å². The van der Waals surface area contributed by atoms with Gasteiger partial charge in [-0.2, -0.15) is 0 Å². The summed E-state index contributed by atoms with van der Waals surface area (Å²) >= 11 is 0. The summed E-state index contributed by atoms with van der Waals surface area (Å²) in [5, 5.41) is 3.11. The van der Waals surface area contributed by atoms with Crippen molar-refractivity contribution in [2.24, 2.45) is 23.7 Å². The minimum atomic E-state index is -0.176. The fourth-order valence-corrected chi connectivity index (χ4v) is 5.77. The first-order valence-electron chi connectivity index (χ1n) is 11.2. The van der Waals surface area contributed by atoms with Crippen LogP contribution in [0.25, 0.3) is 0 Å². The summed E-state index contributed by atoms with van der Waals surface area (Å²) in [7, 11) is 0. The molecule has 158 valence electrons. The molecule has 5 rings (SSSR count). The van der Waals surface area contributed by atoms with Crippen molar-refractivity contribution in [3.63, 3.8) is 0 Å². The molecule has 4 atom stereocenters. The topological polar surface area (TPSA) is 69.7 Å². The van der Waals surface area contributed by atoms with Crippen molar-refractivity contribution >= 4 is 17.7 Å². The van der Waals surface area contributed by atoms with Crippen LogP contribution in [0.5, 0.6) is 0 Å². The molecule has 6 heteroatoms. The second kappa shape index (κ2) is 7.99. The number of nitrogens with one attached hydrogen (secondary N) is 1. The predicted molar refractivity (Wildman–Crippen MR) is 112 cm³/mol. The number of likely N-dealkylation sites (tertiary alicyclic amines) is 2. The monoisotopic (exact) mass is 407 g/mol. The quantitative estimate of drug-likeness (QED) is 0.578. The number of rotatable bonds is 6. The highest BCUT2D eigenvalue weighted by Crippen LogP contribution is 2.52. The Morgan fingerprint density at radius 2 is 1.60 bits per heavy atom. The van der Waals surface area contributed by atoms with E-state index < -0.39 is 0 Å². The van der Waals surface area contributed by atoms with E-state index in [1.54, 1.807) is 0 Å². The van der Waals surface area contributed by atoms with E-state index in [1.165, 1.54) is 10.5 Å². The Kier molecular flexibility index (Phi) is 5.19. The molecule has 2 saturated heterocycles. The van der Waals surface area contributed by atoms with E-state index in [2.05, 4.69) is 46.6 Å². The Morgan fingerprint density at radius 1 is 0.967 bits per heavy atom. The third kappa shape index (κ3) is 3.58. The normalized spacial score (nSPS) is 30.9. The molecule has 0 spiro atoms. The van der Waals surface area contributed by atoms with Crippen LogP contribution >= 0.6 is 0 Å². The highest BCUT2D eigenvalue weighted by molar-refractivity contribution is 6.06. The predicted octanol–water partition coefficient (Wildman–Crippen LogP) is 1.96. The first-order chi connectivity index (χ1) is 14.6. The minimum absolute atomic E-state index is 0.0599. The fourth-order valence-electron chi connectivity index (χ4n) is 5.77. The molecular formula is C24H29N3O3. The average molecular weight is 408 g/mol. The molecule has 1 N–H and O–H groups in total. The maximum atomic E-state index is 12.7. The summed E-state index contributed by atoms with van der Waals surface area (Å²) in [6.45, 7) is 3.08. The SMILES string of the molecule is O=C(CCN1C(=O)C2C3C=CC(C3)C2C1=O)NC1CCN(Cc2ccccc2)CC1. The first kappa shape index (κ1) is 19.5. The van der Waals surface area contributed by atoms with E-state index in [0.29, 0.717) is 0 Å². The van der Waals surface area contributed by atoms with Crippen molar-refractivity contribution in [1.29, 1.82) is 0 Å². The summed E-state index contributed by atoms with van der Waals surface area (Å²) in [6.07, 6.45) is 7.18. The molecule has 1 saturated carbocycles. The van der Waals surface area contributed by atoms with Crippen molar-refractivity contribution in [2.45, 2.75) is 38.3 Å². The molecule has 0 aromatic heterocycles. The molecule has 1 aromatic rings. The number of hydrogen-bond acceptors (Lipinski definition) is 4. The summed E-state index contributed by atoms with van der Waals surface area (Å²) in [6, 6.07) is 10.6. The van der Waals surface area contributed by atoms with E-state index in [0.717, 1.165) is 38.9 Å². The molecule has 3 amide bonds. The summed E-state index contributed by atoms with van der Waals surface area (Å²) < 4.78 is 0. The van der Waals surface area contributed by atoms with Crippen LogP contribution < -0.4 is 5.32 Å². The third-order valence-corrected chi connectivity index (χ3v) is 7.33. The van der Waals surface area contributed by atoms with Crippen LogP contribution in [0.15, 0.2) is 42.5 Å². The van der Waals surface area contributed by atoms with Gasteiger partial charge >= 0.3 is 0 Å². The van der Waals surface area contributed by atoms with Crippen molar-refractivity contribution < 1.29 is 14.4 Å². The molecule has 2 bridgehead atoms. The Hall–Kier alpha value is -2.47. The van der Waals surface area contributed by atoms with E-state index in [9.17, 15) is 14.4 Å². The van der Waals surface area contributed by atoms with E-state index in [1.807, 2.05) is 6.07 Å². The Balaban J connectivity index is 1.06. The number of carbonyl (C=O) groups is 3. The number of nitrogens with zero attached hydrogens (tertiary/aromatic N) is 2. The van der Waals surface area contributed by atoms with Crippen LogP contribution in [0.1, 0.15) is 31.2 Å². The number of piperidine rings is 1. The van der Waals surface area contributed by atoms with Crippen LogP contribution in [-0.4, -0.2) is 53.2 Å². The molecule has 2 aliphatic heterocycles. The molecule has 30 heavy (non-hydrogen) atoms. The maximum absolute atomic E-state index is 12.7. The molecule has 1 aromatic carbocycles. The zero-order chi connectivity index (χ0) is 20.7. The minimum Gasteiger partial charge on any atom is -0.353 e. The zero-order valence-electron chi connectivity index (χ0n) is 17.2. The highest BCUT2D eigenvalue weighted by Gasteiger charge is 2.59. The van der Waals surface area contributed by atoms with Crippen molar-refractivity contribution in [2.75, 3.05) is 19.6 Å². The lowest BCUT2D eigenvalue weighted by atomic mass is 9.85. The second-order valence-corrected chi connectivity index (χ2v) is 9.18. The molecule has 3 fully saturated rings. The van der Waals surface area contributed by atoms with Gasteiger partial charge in [-0.25, -0.2) is 0 Å². The smallest absolute Gasteiger partial charge is 0.233 e. The van der Waals surface area contributed by atoms with Gasteiger partial charge in [0, 0.05) is 38.6 Å². The third-order valence-electron chi connectivity index (χ3n) is 7.33. The van der Waals surface area contributed by atoms with Crippen LogP contribution in [0.4, 0.5) is 0 Å². The van der Waals surface area contributed by atoms with Gasteiger partial charge in [-0.1, -0.05) is 42.5 Å². The van der Waals surface area contributed by atoms with E-state index >= 15 is 0 Å². The molecule has 6 nitrogen and oxygen atoms in total.